The third kappa shape index (κ3) is 6.66. The van der Waals surface area contributed by atoms with Crippen LogP contribution >= 0.6 is 0 Å². The van der Waals surface area contributed by atoms with E-state index in [2.05, 4.69) is 0 Å². The lowest BCUT2D eigenvalue weighted by Crippen LogP contribution is -2.46. The fraction of sp³-hybridized carbons (Fsp3) is 0.333. The number of benzene rings is 2. The van der Waals surface area contributed by atoms with E-state index < -0.39 is 29.7 Å². The van der Waals surface area contributed by atoms with E-state index >= 15 is 0 Å². The van der Waals surface area contributed by atoms with Crippen LogP contribution in [-0.4, -0.2) is 66.6 Å². The lowest BCUT2D eigenvalue weighted by molar-refractivity contribution is -0.135. The Hall–Kier alpha value is -4.34. The van der Waals surface area contributed by atoms with Crippen molar-refractivity contribution < 1.29 is 38.5 Å². The summed E-state index contributed by atoms with van der Waals surface area (Å²) in [7, 11) is 1.51. The van der Waals surface area contributed by atoms with Crippen molar-refractivity contribution in [3.63, 3.8) is 0 Å². The number of ether oxygens (including phenoxy) is 3. The minimum Gasteiger partial charge on any atom is -0.497 e. The molecule has 0 spiro atoms. The van der Waals surface area contributed by atoms with Gasteiger partial charge in [0.15, 0.2) is 11.5 Å². The number of hydrogen-bond donors (Lipinski definition) is 1. The monoisotopic (exact) mass is 510 g/mol. The Morgan fingerprint density at radius 3 is 2.32 bits per heavy atom. The molecule has 1 aliphatic heterocycles. The summed E-state index contributed by atoms with van der Waals surface area (Å²) in [6, 6.07) is 10.8. The summed E-state index contributed by atoms with van der Waals surface area (Å²) in [5.41, 5.74) is 1.18. The van der Waals surface area contributed by atoms with Gasteiger partial charge in [-0.2, -0.15) is 0 Å². The fourth-order valence-electron chi connectivity index (χ4n) is 4.02. The number of carboxylic acid groups (broad SMARTS) is 1. The summed E-state index contributed by atoms with van der Waals surface area (Å²) in [4.78, 5) is 52.4. The van der Waals surface area contributed by atoms with Gasteiger partial charge >= 0.3 is 5.97 Å². The minimum atomic E-state index is -1.30. The Balaban J connectivity index is 1.85. The first kappa shape index (κ1) is 27.3. The maximum Gasteiger partial charge on any atom is 0.328 e. The Morgan fingerprint density at radius 2 is 1.70 bits per heavy atom. The van der Waals surface area contributed by atoms with Crippen LogP contribution in [0.15, 0.2) is 54.6 Å². The second kappa shape index (κ2) is 12.6. The van der Waals surface area contributed by atoms with Crippen molar-refractivity contribution in [2.24, 2.45) is 0 Å². The lowest BCUT2D eigenvalue weighted by atomic mass is 10.1. The molecular weight excluding hydrogens is 480 g/mol. The molecule has 10 heteroatoms. The number of hydrogen-bond acceptors (Lipinski definition) is 7. The zero-order chi connectivity index (χ0) is 26.9. The molecule has 3 amide bonds. The minimum absolute atomic E-state index is 0.0719. The second-order valence-corrected chi connectivity index (χ2v) is 8.09. The van der Waals surface area contributed by atoms with Crippen LogP contribution in [0.4, 0.5) is 5.69 Å². The molecule has 2 aromatic carbocycles. The van der Waals surface area contributed by atoms with Crippen molar-refractivity contribution in [3.05, 3.63) is 60.2 Å². The molecule has 1 heterocycles. The highest BCUT2D eigenvalue weighted by atomic mass is 16.5. The summed E-state index contributed by atoms with van der Waals surface area (Å²) in [5, 5.41) is 8.97. The number of imide groups is 1. The van der Waals surface area contributed by atoms with Gasteiger partial charge in [0.1, 0.15) is 11.8 Å². The van der Waals surface area contributed by atoms with Gasteiger partial charge in [-0.25, -0.2) is 9.69 Å². The molecule has 0 aliphatic carbocycles. The number of rotatable bonds is 12. The van der Waals surface area contributed by atoms with Crippen LogP contribution in [0, 0.1) is 0 Å². The van der Waals surface area contributed by atoms with Crippen molar-refractivity contribution in [1.82, 2.24) is 4.90 Å². The lowest BCUT2D eigenvalue weighted by Gasteiger charge is -2.27. The van der Waals surface area contributed by atoms with Crippen LogP contribution in [0.3, 0.4) is 0 Å². The van der Waals surface area contributed by atoms with Crippen LogP contribution < -0.4 is 19.1 Å². The highest BCUT2D eigenvalue weighted by Crippen LogP contribution is 2.30. The van der Waals surface area contributed by atoms with E-state index in [0.717, 1.165) is 16.5 Å². The van der Waals surface area contributed by atoms with Crippen molar-refractivity contribution in [1.29, 1.82) is 0 Å². The summed E-state index contributed by atoms with van der Waals surface area (Å²) in [5.74, 6) is -1.28. The van der Waals surface area contributed by atoms with E-state index in [1.165, 1.54) is 12.0 Å². The molecule has 196 valence electrons. The van der Waals surface area contributed by atoms with Crippen molar-refractivity contribution in [2.45, 2.75) is 32.7 Å². The Morgan fingerprint density at radius 1 is 1.03 bits per heavy atom. The van der Waals surface area contributed by atoms with Crippen molar-refractivity contribution in [3.8, 4) is 17.2 Å². The molecular formula is C27H30N2O8. The molecule has 0 saturated carbocycles. The van der Waals surface area contributed by atoms with E-state index in [9.17, 15) is 19.2 Å². The van der Waals surface area contributed by atoms with Gasteiger partial charge in [0.05, 0.1) is 32.4 Å². The van der Waals surface area contributed by atoms with Crippen molar-refractivity contribution >= 4 is 29.4 Å². The molecule has 1 N–H and O–H groups in total. The molecule has 10 nitrogen and oxygen atoms in total. The van der Waals surface area contributed by atoms with Crippen LogP contribution in [0.5, 0.6) is 17.2 Å². The van der Waals surface area contributed by atoms with Gasteiger partial charge < -0.3 is 24.2 Å². The van der Waals surface area contributed by atoms with Gasteiger partial charge in [-0.05, 0) is 62.2 Å². The van der Waals surface area contributed by atoms with Gasteiger partial charge in [0, 0.05) is 18.7 Å². The Bertz CT molecular complexity index is 1180. The molecule has 3 rings (SSSR count). The molecule has 1 saturated heterocycles. The average Bonchev–Trinajstić information content (AvgIpc) is 3.18. The molecule has 0 aromatic heterocycles. The first-order valence-electron chi connectivity index (χ1n) is 11.9. The van der Waals surface area contributed by atoms with E-state index in [1.807, 2.05) is 19.9 Å². The second-order valence-electron chi connectivity index (χ2n) is 8.09. The Labute approximate surface area is 215 Å². The molecule has 1 atom stereocenters. The number of amides is 3. The molecule has 1 unspecified atom stereocenters. The van der Waals surface area contributed by atoms with Gasteiger partial charge in [-0.1, -0.05) is 6.07 Å². The first-order valence-corrected chi connectivity index (χ1v) is 11.9. The fourth-order valence-corrected chi connectivity index (χ4v) is 4.02. The average molecular weight is 511 g/mol. The number of carbonyl (C=O) groups is 4. The maximum absolute atomic E-state index is 13.3. The van der Waals surface area contributed by atoms with Gasteiger partial charge in [-0.15, -0.1) is 0 Å². The highest BCUT2D eigenvalue weighted by Gasteiger charge is 2.44. The van der Waals surface area contributed by atoms with Gasteiger partial charge in [0.25, 0.3) is 5.91 Å². The Kier molecular flexibility index (Phi) is 9.26. The van der Waals surface area contributed by atoms with E-state index in [4.69, 9.17) is 19.3 Å². The zero-order valence-electron chi connectivity index (χ0n) is 21.0. The predicted molar refractivity (Wildman–Crippen MR) is 135 cm³/mol. The van der Waals surface area contributed by atoms with Crippen LogP contribution in [0.1, 0.15) is 25.8 Å². The maximum atomic E-state index is 13.3. The number of anilines is 1. The van der Waals surface area contributed by atoms with Crippen LogP contribution in [0.25, 0.3) is 0 Å². The van der Waals surface area contributed by atoms with Crippen LogP contribution in [0.2, 0.25) is 0 Å². The third-order valence-corrected chi connectivity index (χ3v) is 5.73. The molecule has 37 heavy (non-hydrogen) atoms. The summed E-state index contributed by atoms with van der Waals surface area (Å²) in [6.45, 7) is 4.71. The highest BCUT2D eigenvalue weighted by molar-refractivity contribution is 6.23. The normalized spacial score (nSPS) is 15.2. The number of carboxylic acids is 1. The summed E-state index contributed by atoms with van der Waals surface area (Å²) < 4.78 is 16.4. The number of aliphatic carboxylic acids is 1. The molecule has 0 bridgehead atoms. The van der Waals surface area contributed by atoms with Crippen molar-refractivity contribution in [2.75, 3.05) is 31.8 Å². The quantitative estimate of drug-likeness (QED) is 0.342. The molecule has 1 fully saturated rings. The SMILES string of the molecule is CCOc1ccc(CCN(C(=O)/C=C/C(=O)O)C2CC(=O)N(c3ccc(OC)cc3)C2=O)cc1OCC. The first-order chi connectivity index (χ1) is 17.8. The van der Waals surface area contributed by atoms with Gasteiger partial charge in [0.2, 0.25) is 11.8 Å². The molecule has 1 aliphatic rings. The number of methoxy groups -OCH3 is 1. The van der Waals surface area contributed by atoms with Gasteiger partial charge in [-0.3, -0.25) is 14.4 Å². The van der Waals surface area contributed by atoms with E-state index in [1.54, 1.807) is 36.4 Å². The topological polar surface area (TPSA) is 123 Å². The standard InChI is InChI=1S/C27H30N2O8/c1-4-36-22-11-6-18(16-23(22)37-5-2)14-15-28(24(30)12-13-26(32)33)21-17-25(31)29(27(21)34)19-7-9-20(35-3)10-8-19/h6-13,16,21H,4-5,14-15,17H2,1-3H3,(H,32,33)/b13-12+. The number of carbonyl (C=O) groups excluding carboxylic acids is 3. The van der Waals surface area contributed by atoms with Crippen LogP contribution in [-0.2, 0) is 25.6 Å². The smallest absolute Gasteiger partial charge is 0.328 e. The summed E-state index contributed by atoms with van der Waals surface area (Å²) >= 11 is 0. The van der Waals surface area contributed by atoms with E-state index in [-0.39, 0.29) is 13.0 Å². The molecule has 2 aromatic rings. The largest absolute Gasteiger partial charge is 0.497 e. The number of nitrogens with zero attached hydrogens (tertiary/aromatic N) is 2. The zero-order valence-corrected chi connectivity index (χ0v) is 21.0. The third-order valence-electron chi connectivity index (χ3n) is 5.73. The van der Waals surface area contributed by atoms with E-state index in [0.29, 0.717) is 48.6 Å². The summed E-state index contributed by atoms with van der Waals surface area (Å²) in [6.07, 6.45) is 1.71. The molecule has 0 radical (unpaired) electrons. The predicted octanol–water partition coefficient (Wildman–Crippen LogP) is 2.84.